The Balaban J connectivity index is 4.66. The van der Waals surface area contributed by atoms with Crippen molar-refractivity contribution in [1.29, 1.82) is 0 Å². The number of hydrogen-bond donors (Lipinski definition) is 2. The number of amides is 1. The van der Waals surface area contributed by atoms with Gasteiger partial charge in [0, 0.05) is 12.6 Å². The lowest BCUT2D eigenvalue weighted by Gasteiger charge is -2.25. The first-order valence-corrected chi connectivity index (χ1v) is 5.81. The molecule has 0 saturated carbocycles. The molecule has 0 fully saturated rings. The highest BCUT2D eigenvalue weighted by atomic mass is 19.4. The van der Waals surface area contributed by atoms with Gasteiger partial charge < -0.3 is 11.1 Å². The van der Waals surface area contributed by atoms with Crippen LogP contribution < -0.4 is 11.1 Å². The number of nitrogens with two attached hydrogens (primary N) is 1. The van der Waals surface area contributed by atoms with Crippen molar-refractivity contribution in [2.45, 2.75) is 45.6 Å². The molecule has 0 aliphatic heterocycles. The molecule has 0 aromatic heterocycles. The lowest BCUT2D eigenvalue weighted by atomic mass is 9.88. The minimum absolute atomic E-state index is 0.252. The van der Waals surface area contributed by atoms with Crippen LogP contribution in [0.5, 0.6) is 0 Å². The van der Waals surface area contributed by atoms with Gasteiger partial charge in [-0.2, -0.15) is 26.3 Å². The van der Waals surface area contributed by atoms with E-state index >= 15 is 0 Å². The molecule has 3 N–H and O–H groups in total. The van der Waals surface area contributed by atoms with Crippen LogP contribution in [-0.2, 0) is 4.79 Å². The van der Waals surface area contributed by atoms with Crippen molar-refractivity contribution in [3.8, 4) is 0 Å². The average molecular weight is 308 g/mol. The summed E-state index contributed by atoms with van der Waals surface area (Å²) < 4.78 is 73.5. The van der Waals surface area contributed by atoms with Crippen molar-refractivity contribution < 1.29 is 31.1 Å². The van der Waals surface area contributed by atoms with Gasteiger partial charge in [0.1, 0.15) is 0 Å². The van der Waals surface area contributed by atoms with Crippen LogP contribution in [0.3, 0.4) is 0 Å². The minimum Gasteiger partial charge on any atom is -0.354 e. The zero-order valence-electron chi connectivity index (χ0n) is 11.3. The van der Waals surface area contributed by atoms with Crippen LogP contribution in [0.15, 0.2) is 0 Å². The molecule has 1 unspecified atom stereocenters. The number of carbonyl (C=O) groups excluding carboxylic acids is 1. The summed E-state index contributed by atoms with van der Waals surface area (Å²) in [6.07, 6.45) is -11.0. The fraction of sp³-hybridized carbons (Fsp3) is 0.909. The number of alkyl halides is 6. The Bertz CT molecular complexity index is 317. The second-order valence-corrected chi connectivity index (χ2v) is 5.79. The van der Waals surface area contributed by atoms with Crippen LogP contribution in [0, 0.1) is 11.3 Å². The van der Waals surface area contributed by atoms with Gasteiger partial charge >= 0.3 is 12.4 Å². The molecule has 1 amide bonds. The molecule has 0 radical (unpaired) electrons. The Morgan fingerprint density at radius 3 is 1.75 bits per heavy atom. The molecule has 0 heterocycles. The van der Waals surface area contributed by atoms with E-state index in [1.54, 1.807) is 5.32 Å². The maximum Gasteiger partial charge on any atom is 0.409 e. The van der Waals surface area contributed by atoms with Crippen molar-refractivity contribution >= 4 is 5.91 Å². The largest absolute Gasteiger partial charge is 0.409 e. The minimum atomic E-state index is -5.68. The van der Waals surface area contributed by atoms with Gasteiger partial charge in [0.25, 0.3) is 0 Å². The van der Waals surface area contributed by atoms with Gasteiger partial charge in [-0.05, 0) is 11.8 Å². The second-order valence-electron chi connectivity index (χ2n) is 5.79. The lowest BCUT2D eigenvalue weighted by Crippen LogP contribution is -2.50. The molecule has 1 atom stereocenters. The SMILES string of the molecule is CC(C)(C)CC(N)CNC(=O)C(C(F)(F)F)C(F)(F)F. The molecule has 0 aliphatic carbocycles. The van der Waals surface area contributed by atoms with E-state index in [2.05, 4.69) is 0 Å². The van der Waals surface area contributed by atoms with E-state index in [1.165, 1.54) is 0 Å². The molecule has 20 heavy (non-hydrogen) atoms. The summed E-state index contributed by atoms with van der Waals surface area (Å²) in [6.45, 7) is 4.98. The third kappa shape index (κ3) is 6.97. The Labute approximate surface area is 112 Å². The maximum absolute atomic E-state index is 12.2. The van der Waals surface area contributed by atoms with Gasteiger partial charge in [-0.1, -0.05) is 20.8 Å². The van der Waals surface area contributed by atoms with Gasteiger partial charge in [0.15, 0.2) is 0 Å². The third-order valence-corrected chi connectivity index (χ3v) is 2.33. The predicted molar refractivity (Wildman–Crippen MR) is 60.7 cm³/mol. The van der Waals surface area contributed by atoms with Crippen molar-refractivity contribution in [3.63, 3.8) is 0 Å². The highest BCUT2D eigenvalue weighted by Crippen LogP contribution is 2.39. The Morgan fingerprint density at radius 1 is 1.05 bits per heavy atom. The number of nitrogens with one attached hydrogen (secondary N) is 1. The molecular formula is C11H18F6N2O. The van der Waals surface area contributed by atoms with Crippen molar-refractivity contribution in [1.82, 2.24) is 5.32 Å². The number of halogens is 6. The zero-order chi connectivity index (χ0) is 16.4. The molecule has 0 aromatic rings. The van der Waals surface area contributed by atoms with Crippen LogP contribution in [0.2, 0.25) is 0 Å². The standard InChI is InChI=1S/C11H18F6N2O/c1-9(2,3)4-6(18)5-19-8(20)7(10(12,13)14)11(15,16)17/h6-7H,4-5,18H2,1-3H3,(H,19,20). The van der Waals surface area contributed by atoms with Gasteiger partial charge in [-0.15, -0.1) is 0 Å². The maximum atomic E-state index is 12.2. The van der Waals surface area contributed by atoms with Crippen LogP contribution in [0.25, 0.3) is 0 Å². The molecule has 0 bridgehead atoms. The van der Waals surface area contributed by atoms with E-state index in [0.717, 1.165) is 0 Å². The number of carbonyl (C=O) groups is 1. The molecule has 0 saturated heterocycles. The zero-order valence-corrected chi connectivity index (χ0v) is 11.3. The molecule has 0 aliphatic rings. The topological polar surface area (TPSA) is 55.1 Å². The second kappa shape index (κ2) is 6.19. The first-order valence-electron chi connectivity index (χ1n) is 5.81. The van der Waals surface area contributed by atoms with Crippen molar-refractivity contribution in [2.75, 3.05) is 6.54 Å². The molecule has 3 nitrogen and oxygen atoms in total. The summed E-state index contributed by atoms with van der Waals surface area (Å²) in [5, 5.41) is 1.61. The fourth-order valence-electron chi connectivity index (χ4n) is 1.68. The van der Waals surface area contributed by atoms with Gasteiger partial charge in [0.2, 0.25) is 11.8 Å². The van der Waals surface area contributed by atoms with Crippen LogP contribution in [0.4, 0.5) is 26.3 Å². The summed E-state index contributed by atoms with van der Waals surface area (Å²) in [5.41, 5.74) is 5.30. The molecule has 0 rings (SSSR count). The summed E-state index contributed by atoms with van der Waals surface area (Å²) >= 11 is 0. The van der Waals surface area contributed by atoms with Crippen molar-refractivity contribution in [2.24, 2.45) is 17.1 Å². The monoisotopic (exact) mass is 308 g/mol. The molecule has 0 aromatic carbocycles. The first kappa shape index (κ1) is 19.0. The normalized spacial score (nSPS) is 15.3. The van der Waals surface area contributed by atoms with E-state index in [4.69, 9.17) is 5.73 Å². The Morgan fingerprint density at radius 2 is 1.45 bits per heavy atom. The predicted octanol–water partition coefficient (Wildman–Crippen LogP) is 2.61. The first-order chi connectivity index (χ1) is 8.64. The summed E-state index contributed by atoms with van der Waals surface area (Å²) in [4.78, 5) is 11.1. The molecule has 9 heteroatoms. The smallest absolute Gasteiger partial charge is 0.354 e. The van der Waals surface area contributed by atoms with E-state index in [1.807, 2.05) is 20.8 Å². The van der Waals surface area contributed by atoms with Gasteiger partial charge in [0.05, 0.1) is 0 Å². The van der Waals surface area contributed by atoms with Crippen molar-refractivity contribution in [3.05, 3.63) is 0 Å². The average Bonchev–Trinajstić information content (AvgIpc) is 2.06. The molecule has 120 valence electrons. The van der Waals surface area contributed by atoms with E-state index in [9.17, 15) is 31.1 Å². The van der Waals surface area contributed by atoms with E-state index < -0.39 is 36.8 Å². The van der Waals surface area contributed by atoms with E-state index in [0.29, 0.717) is 6.42 Å². The summed E-state index contributed by atoms with van der Waals surface area (Å²) in [6, 6.07) is -0.721. The van der Waals surface area contributed by atoms with Crippen LogP contribution >= 0.6 is 0 Å². The van der Waals surface area contributed by atoms with Gasteiger partial charge in [-0.25, -0.2) is 0 Å². The van der Waals surface area contributed by atoms with Crippen LogP contribution in [0.1, 0.15) is 27.2 Å². The highest BCUT2D eigenvalue weighted by Gasteiger charge is 2.61. The van der Waals surface area contributed by atoms with E-state index in [-0.39, 0.29) is 5.41 Å². The lowest BCUT2D eigenvalue weighted by molar-refractivity contribution is -0.274. The summed E-state index contributed by atoms with van der Waals surface area (Å²) in [7, 11) is 0. The number of hydrogen-bond acceptors (Lipinski definition) is 2. The fourth-order valence-corrected chi connectivity index (χ4v) is 1.68. The third-order valence-electron chi connectivity index (χ3n) is 2.33. The number of rotatable bonds is 4. The summed E-state index contributed by atoms with van der Waals surface area (Å²) in [5.74, 6) is -6.16. The van der Waals surface area contributed by atoms with Crippen LogP contribution in [-0.4, -0.2) is 30.8 Å². The Kier molecular flexibility index (Phi) is 5.89. The highest BCUT2D eigenvalue weighted by molar-refractivity contribution is 5.80. The Hall–Kier alpha value is -0.990. The quantitative estimate of drug-likeness (QED) is 0.784. The van der Waals surface area contributed by atoms with Gasteiger partial charge in [-0.3, -0.25) is 4.79 Å². The molecular weight excluding hydrogens is 290 g/mol. The molecule has 0 spiro atoms.